The number of ether oxygens (including phenoxy) is 4. The van der Waals surface area contributed by atoms with Gasteiger partial charge in [-0.1, -0.05) is 12.1 Å². The molecule has 2 rings (SSSR count). The molecule has 0 bridgehead atoms. The number of carbonyl (C=O) groups excluding carboxylic acids is 1. The molecule has 0 aromatic heterocycles. The van der Waals surface area contributed by atoms with E-state index in [1.807, 2.05) is 6.92 Å². The fourth-order valence-electron chi connectivity index (χ4n) is 2.41. The Balaban J connectivity index is 2.27. The zero-order valence-electron chi connectivity index (χ0n) is 15.2. The highest BCUT2D eigenvalue weighted by Gasteiger charge is 2.15. The predicted molar refractivity (Wildman–Crippen MR) is 98.7 cm³/mol. The smallest absolute Gasteiger partial charge is 0.203 e. The summed E-state index contributed by atoms with van der Waals surface area (Å²) in [5.41, 5.74) is 1.07. The van der Waals surface area contributed by atoms with Gasteiger partial charge in [0.2, 0.25) is 5.75 Å². The van der Waals surface area contributed by atoms with Crippen molar-refractivity contribution in [1.82, 2.24) is 0 Å². The van der Waals surface area contributed by atoms with E-state index in [2.05, 4.69) is 0 Å². The van der Waals surface area contributed by atoms with E-state index < -0.39 is 0 Å². The zero-order chi connectivity index (χ0) is 19.1. The third-order valence-corrected chi connectivity index (χ3v) is 3.66. The van der Waals surface area contributed by atoms with E-state index in [1.165, 1.54) is 33.5 Å². The summed E-state index contributed by atoms with van der Waals surface area (Å²) < 4.78 is 21.0. The van der Waals surface area contributed by atoms with Crippen LogP contribution in [-0.2, 0) is 0 Å². The first-order valence-corrected chi connectivity index (χ1v) is 8.02. The van der Waals surface area contributed by atoms with E-state index in [9.17, 15) is 9.90 Å². The molecule has 0 saturated carbocycles. The van der Waals surface area contributed by atoms with E-state index in [0.29, 0.717) is 40.7 Å². The maximum Gasteiger partial charge on any atom is 0.203 e. The van der Waals surface area contributed by atoms with Gasteiger partial charge >= 0.3 is 0 Å². The Morgan fingerprint density at radius 1 is 1.00 bits per heavy atom. The first-order chi connectivity index (χ1) is 12.5. The molecule has 0 aliphatic heterocycles. The van der Waals surface area contributed by atoms with E-state index >= 15 is 0 Å². The van der Waals surface area contributed by atoms with Gasteiger partial charge in [0.1, 0.15) is 0 Å². The molecule has 2 aromatic rings. The minimum atomic E-state index is -0.238. The Hall–Kier alpha value is -3.15. The van der Waals surface area contributed by atoms with E-state index in [1.54, 1.807) is 30.3 Å². The predicted octanol–water partition coefficient (Wildman–Crippen LogP) is 3.71. The van der Waals surface area contributed by atoms with E-state index in [0.717, 1.165) is 0 Å². The Bertz CT molecular complexity index is 785. The molecule has 0 aliphatic rings. The van der Waals surface area contributed by atoms with Crippen LogP contribution in [0.15, 0.2) is 36.4 Å². The number of benzene rings is 2. The molecule has 0 spiro atoms. The highest BCUT2D eigenvalue weighted by atomic mass is 16.5. The van der Waals surface area contributed by atoms with Crippen molar-refractivity contribution in [3.8, 4) is 28.7 Å². The molecule has 0 amide bonds. The molecule has 0 fully saturated rings. The molecule has 0 heterocycles. The Morgan fingerprint density at radius 2 is 1.65 bits per heavy atom. The maximum absolute atomic E-state index is 12.5. The van der Waals surface area contributed by atoms with Gasteiger partial charge < -0.3 is 24.1 Å². The van der Waals surface area contributed by atoms with E-state index in [-0.39, 0.29) is 11.5 Å². The summed E-state index contributed by atoms with van der Waals surface area (Å²) in [6.07, 6.45) is 3.02. The largest absolute Gasteiger partial charge is 0.504 e. The molecule has 6 heteroatoms. The first kappa shape index (κ1) is 19.2. The van der Waals surface area contributed by atoms with Crippen LogP contribution in [0.3, 0.4) is 0 Å². The van der Waals surface area contributed by atoms with Crippen LogP contribution in [-0.4, -0.2) is 38.8 Å². The lowest BCUT2D eigenvalue weighted by atomic mass is 10.1. The number of hydrogen-bond acceptors (Lipinski definition) is 6. The maximum atomic E-state index is 12.5. The number of phenols is 1. The fourth-order valence-corrected chi connectivity index (χ4v) is 2.41. The number of allylic oxidation sites excluding steroid dienone is 1. The summed E-state index contributed by atoms with van der Waals surface area (Å²) in [7, 11) is 4.48. The number of carbonyl (C=O) groups is 1. The molecule has 6 nitrogen and oxygen atoms in total. The van der Waals surface area contributed by atoms with Crippen molar-refractivity contribution in [2.75, 3.05) is 27.9 Å². The van der Waals surface area contributed by atoms with Crippen LogP contribution in [0.5, 0.6) is 28.7 Å². The average molecular weight is 358 g/mol. The van der Waals surface area contributed by atoms with Crippen molar-refractivity contribution in [3.05, 3.63) is 47.5 Å². The highest BCUT2D eigenvalue weighted by molar-refractivity contribution is 6.07. The number of methoxy groups -OCH3 is 3. The van der Waals surface area contributed by atoms with Gasteiger partial charge in [-0.3, -0.25) is 4.79 Å². The third kappa shape index (κ3) is 4.27. The summed E-state index contributed by atoms with van der Waals surface area (Å²) in [5.74, 6) is 1.42. The highest BCUT2D eigenvalue weighted by Crippen LogP contribution is 2.38. The minimum absolute atomic E-state index is 0.0224. The SMILES string of the molecule is CCOc1ccc(/C=C/C(=O)c2cc(OC)c(OC)c(OC)c2)cc1O. The average Bonchev–Trinajstić information content (AvgIpc) is 2.66. The van der Waals surface area contributed by atoms with E-state index in [4.69, 9.17) is 18.9 Å². The third-order valence-electron chi connectivity index (χ3n) is 3.66. The second-order valence-electron chi connectivity index (χ2n) is 5.27. The molecular formula is C20H22O6. The van der Waals surface area contributed by atoms with Crippen LogP contribution < -0.4 is 18.9 Å². The standard InChI is InChI=1S/C20H22O6/c1-5-26-17-9-7-13(10-16(17)22)6-8-15(21)14-11-18(23-2)20(25-4)19(12-14)24-3/h6-12,22H,5H2,1-4H3/b8-6+. The Labute approximate surface area is 152 Å². The number of hydrogen-bond donors (Lipinski definition) is 1. The lowest BCUT2D eigenvalue weighted by molar-refractivity contribution is 0.104. The lowest BCUT2D eigenvalue weighted by Crippen LogP contribution is -2.00. The Kier molecular flexibility index (Phi) is 6.49. The number of aromatic hydroxyl groups is 1. The summed E-state index contributed by atoms with van der Waals surface area (Å²) in [4.78, 5) is 12.5. The van der Waals surface area contributed by atoms with Gasteiger partial charge in [-0.15, -0.1) is 0 Å². The second-order valence-corrected chi connectivity index (χ2v) is 5.27. The van der Waals surface area contributed by atoms with Crippen molar-refractivity contribution in [2.24, 2.45) is 0 Å². The molecular weight excluding hydrogens is 336 g/mol. The van der Waals surface area contributed by atoms with Crippen molar-refractivity contribution >= 4 is 11.9 Å². The van der Waals surface area contributed by atoms with Crippen LogP contribution in [0.1, 0.15) is 22.8 Å². The van der Waals surface area contributed by atoms with Crippen LogP contribution >= 0.6 is 0 Å². The van der Waals surface area contributed by atoms with Crippen LogP contribution in [0.2, 0.25) is 0 Å². The summed E-state index contributed by atoms with van der Waals surface area (Å²) in [5, 5.41) is 9.91. The minimum Gasteiger partial charge on any atom is -0.504 e. The monoisotopic (exact) mass is 358 g/mol. The lowest BCUT2D eigenvalue weighted by Gasteiger charge is -2.13. The summed E-state index contributed by atoms with van der Waals surface area (Å²) in [6, 6.07) is 8.11. The van der Waals surface area contributed by atoms with Crippen LogP contribution in [0, 0.1) is 0 Å². The van der Waals surface area contributed by atoms with Gasteiger partial charge in [-0.25, -0.2) is 0 Å². The van der Waals surface area contributed by atoms with Crippen LogP contribution in [0.25, 0.3) is 6.08 Å². The molecule has 0 radical (unpaired) electrons. The van der Waals surface area contributed by atoms with Crippen molar-refractivity contribution < 1.29 is 28.8 Å². The fraction of sp³-hybridized carbons (Fsp3) is 0.250. The van der Waals surface area contributed by atoms with Crippen molar-refractivity contribution in [2.45, 2.75) is 6.92 Å². The molecule has 0 aliphatic carbocycles. The molecule has 0 atom stereocenters. The molecule has 2 aromatic carbocycles. The van der Waals surface area contributed by atoms with Gasteiger partial charge in [-0.05, 0) is 42.8 Å². The van der Waals surface area contributed by atoms with Crippen molar-refractivity contribution in [1.29, 1.82) is 0 Å². The number of ketones is 1. The summed E-state index contributed by atoms with van der Waals surface area (Å²) >= 11 is 0. The molecule has 0 saturated heterocycles. The molecule has 0 unspecified atom stereocenters. The number of phenolic OH excluding ortho intramolecular Hbond substituents is 1. The normalized spacial score (nSPS) is 10.6. The summed E-state index contributed by atoms with van der Waals surface area (Å²) in [6.45, 7) is 2.30. The first-order valence-electron chi connectivity index (χ1n) is 8.02. The topological polar surface area (TPSA) is 74.2 Å². The van der Waals surface area contributed by atoms with Crippen molar-refractivity contribution in [3.63, 3.8) is 0 Å². The quantitative estimate of drug-likeness (QED) is 0.573. The van der Waals surface area contributed by atoms with Gasteiger partial charge in [-0.2, -0.15) is 0 Å². The Morgan fingerprint density at radius 3 is 2.15 bits per heavy atom. The molecule has 26 heavy (non-hydrogen) atoms. The number of rotatable bonds is 8. The zero-order valence-corrected chi connectivity index (χ0v) is 15.2. The second kappa shape index (κ2) is 8.80. The molecule has 138 valence electrons. The van der Waals surface area contributed by atoms with Gasteiger partial charge in [0, 0.05) is 5.56 Å². The van der Waals surface area contributed by atoms with Gasteiger partial charge in [0.15, 0.2) is 28.8 Å². The van der Waals surface area contributed by atoms with Gasteiger partial charge in [0.25, 0.3) is 0 Å². The van der Waals surface area contributed by atoms with Gasteiger partial charge in [0.05, 0.1) is 27.9 Å². The van der Waals surface area contributed by atoms with Crippen LogP contribution in [0.4, 0.5) is 0 Å². The molecule has 1 N–H and O–H groups in total.